The quantitative estimate of drug-likeness (QED) is 0.381. The highest BCUT2D eigenvalue weighted by atomic mass is 32.2. The summed E-state index contributed by atoms with van der Waals surface area (Å²) in [7, 11) is 0. The number of ether oxygens (including phenoxy) is 3. The van der Waals surface area contributed by atoms with E-state index in [1.165, 1.54) is 0 Å². The SMILES string of the molecule is CCOc1cc(/C=C2\SC(=O)N(CC(=O)OC(C)C)C2=O)ccc1OCc1ccccc1C#N. The van der Waals surface area contributed by atoms with Crippen LogP contribution in [0.15, 0.2) is 47.4 Å². The molecule has 0 atom stereocenters. The molecule has 34 heavy (non-hydrogen) atoms. The van der Waals surface area contributed by atoms with Gasteiger partial charge in [-0.15, -0.1) is 0 Å². The summed E-state index contributed by atoms with van der Waals surface area (Å²) < 4.78 is 16.6. The van der Waals surface area contributed by atoms with Crippen LogP contribution in [0.2, 0.25) is 0 Å². The van der Waals surface area contributed by atoms with Gasteiger partial charge in [-0.25, -0.2) is 0 Å². The summed E-state index contributed by atoms with van der Waals surface area (Å²) in [6.45, 7) is 5.37. The summed E-state index contributed by atoms with van der Waals surface area (Å²) in [5.74, 6) is -0.250. The lowest BCUT2D eigenvalue weighted by molar-refractivity contribution is -0.149. The zero-order valence-electron chi connectivity index (χ0n) is 19.1. The molecule has 1 aliphatic heterocycles. The van der Waals surface area contributed by atoms with E-state index in [1.54, 1.807) is 50.3 Å². The van der Waals surface area contributed by atoms with Crippen molar-refractivity contribution in [3.05, 3.63) is 64.1 Å². The van der Waals surface area contributed by atoms with Gasteiger partial charge in [0, 0.05) is 5.56 Å². The van der Waals surface area contributed by atoms with E-state index >= 15 is 0 Å². The van der Waals surface area contributed by atoms with Gasteiger partial charge in [-0.05, 0) is 62.4 Å². The number of rotatable bonds is 9. The van der Waals surface area contributed by atoms with Crippen molar-refractivity contribution in [2.24, 2.45) is 0 Å². The smallest absolute Gasteiger partial charge is 0.326 e. The predicted molar refractivity (Wildman–Crippen MR) is 127 cm³/mol. The fourth-order valence-electron chi connectivity index (χ4n) is 3.13. The fraction of sp³-hybridized carbons (Fsp3) is 0.280. The maximum Gasteiger partial charge on any atom is 0.326 e. The first-order valence-electron chi connectivity index (χ1n) is 10.6. The first-order chi connectivity index (χ1) is 16.3. The van der Waals surface area contributed by atoms with Gasteiger partial charge in [0.2, 0.25) is 0 Å². The Morgan fingerprint density at radius 1 is 1.15 bits per heavy atom. The molecule has 0 unspecified atom stereocenters. The Kier molecular flexibility index (Phi) is 8.33. The summed E-state index contributed by atoms with van der Waals surface area (Å²) in [6.07, 6.45) is 1.23. The molecular weight excluding hydrogens is 456 g/mol. The van der Waals surface area contributed by atoms with E-state index in [1.807, 2.05) is 19.1 Å². The minimum atomic E-state index is -0.642. The molecule has 9 heteroatoms. The molecule has 0 spiro atoms. The van der Waals surface area contributed by atoms with Gasteiger partial charge in [0.25, 0.3) is 11.1 Å². The Morgan fingerprint density at radius 2 is 1.91 bits per heavy atom. The minimum absolute atomic E-state index is 0.189. The van der Waals surface area contributed by atoms with Crippen LogP contribution >= 0.6 is 11.8 Å². The molecule has 2 amide bonds. The Labute approximate surface area is 202 Å². The number of hydrogen-bond donors (Lipinski definition) is 0. The molecule has 0 saturated carbocycles. The summed E-state index contributed by atoms with van der Waals surface area (Å²) >= 11 is 0.761. The van der Waals surface area contributed by atoms with E-state index in [9.17, 15) is 19.6 Å². The van der Waals surface area contributed by atoms with Gasteiger partial charge < -0.3 is 14.2 Å². The van der Waals surface area contributed by atoms with Crippen molar-refractivity contribution in [3.63, 3.8) is 0 Å². The average molecular weight is 481 g/mol. The lowest BCUT2D eigenvalue weighted by atomic mass is 10.1. The third kappa shape index (κ3) is 6.17. The maximum atomic E-state index is 12.7. The summed E-state index contributed by atoms with van der Waals surface area (Å²) in [5.41, 5.74) is 1.91. The standard InChI is InChI=1S/C25H24N2O6S/c1-4-31-21-11-17(9-10-20(21)32-15-19-8-6-5-7-18(19)13-26)12-22-24(29)27(25(30)34-22)14-23(28)33-16(2)3/h5-12,16H,4,14-15H2,1-3H3/b22-12-. The lowest BCUT2D eigenvalue weighted by Crippen LogP contribution is -2.35. The van der Waals surface area contributed by atoms with E-state index in [0.29, 0.717) is 29.2 Å². The van der Waals surface area contributed by atoms with Gasteiger partial charge in [0.15, 0.2) is 11.5 Å². The van der Waals surface area contributed by atoms with E-state index in [2.05, 4.69) is 6.07 Å². The molecule has 2 aromatic carbocycles. The summed E-state index contributed by atoms with van der Waals surface area (Å²) in [6, 6.07) is 14.4. The molecule has 1 heterocycles. The van der Waals surface area contributed by atoms with E-state index in [0.717, 1.165) is 22.2 Å². The van der Waals surface area contributed by atoms with Crippen LogP contribution in [0.4, 0.5) is 4.79 Å². The highest BCUT2D eigenvalue weighted by Crippen LogP contribution is 2.35. The van der Waals surface area contributed by atoms with Crippen LogP contribution in [-0.4, -0.2) is 41.3 Å². The van der Waals surface area contributed by atoms with Crippen molar-refractivity contribution in [1.29, 1.82) is 5.26 Å². The van der Waals surface area contributed by atoms with Crippen molar-refractivity contribution in [1.82, 2.24) is 4.90 Å². The highest BCUT2D eigenvalue weighted by molar-refractivity contribution is 8.18. The normalized spacial score (nSPS) is 14.4. The van der Waals surface area contributed by atoms with Crippen LogP contribution in [0.1, 0.15) is 37.5 Å². The molecule has 0 bridgehead atoms. The number of carbonyl (C=O) groups is 3. The van der Waals surface area contributed by atoms with Crippen molar-refractivity contribution in [3.8, 4) is 17.6 Å². The number of benzene rings is 2. The first-order valence-corrected chi connectivity index (χ1v) is 11.5. The monoisotopic (exact) mass is 480 g/mol. The van der Waals surface area contributed by atoms with Crippen molar-refractivity contribution in [2.45, 2.75) is 33.5 Å². The predicted octanol–water partition coefficient (Wildman–Crippen LogP) is 4.52. The van der Waals surface area contributed by atoms with Crippen molar-refractivity contribution >= 4 is 35.0 Å². The Balaban J connectivity index is 1.77. The van der Waals surface area contributed by atoms with Gasteiger partial charge in [-0.2, -0.15) is 5.26 Å². The number of imide groups is 1. The minimum Gasteiger partial charge on any atom is -0.490 e. The number of amides is 2. The molecule has 0 radical (unpaired) electrons. The van der Waals surface area contributed by atoms with Gasteiger partial charge in [0.1, 0.15) is 13.2 Å². The number of hydrogen-bond acceptors (Lipinski definition) is 8. The van der Waals surface area contributed by atoms with E-state index < -0.39 is 23.7 Å². The number of thioether (sulfide) groups is 1. The Hall–Kier alpha value is -3.77. The van der Waals surface area contributed by atoms with Gasteiger partial charge >= 0.3 is 5.97 Å². The number of nitriles is 1. The Morgan fingerprint density at radius 3 is 2.62 bits per heavy atom. The molecule has 0 N–H and O–H groups in total. The van der Waals surface area contributed by atoms with Gasteiger partial charge in [-0.3, -0.25) is 19.3 Å². The topological polar surface area (TPSA) is 106 Å². The van der Waals surface area contributed by atoms with Crippen LogP contribution in [0.3, 0.4) is 0 Å². The van der Waals surface area contributed by atoms with Crippen LogP contribution in [0.5, 0.6) is 11.5 Å². The van der Waals surface area contributed by atoms with Crippen molar-refractivity contribution < 1.29 is 28.6 Å². The van der Waals surface area contributed by atoms with Crippen molar-refractivity contribution in [2.75, 3.05) is 13.2 Å². The zero-order chi connectivity index (χ0) is 24.7. The Bertz CT molecular complexity index is 1170. The zero-order valence-corrected chi connectivity index (χ0v) is 19.9. The molecule has 1 saturated heterocycles. The molecule has 0 aromatic heterocycles. The third-order valence-electron chi connectivity index (χ3n) is 4.61. The lowest BCUT2D eigenvalue weighted by Gasteiger charge is -2.14. The molecule has 176 valence electrons. The number of carbonyl (C=O) groups excluding carboxylic acids is 3. The van der Waals surface area contributed by atoms with E-state index in [4.69, 9.17) is 14.2 Å². The molecular formula is C25H24N2O6S. The van der Waals surface area contributed by atoms with E-state index in [-0.39, 0.29) is 17.6 Å². The number of nitrogens with zero attached hydrogens (tertiary/aromatic N) is 2. The summed E-state index contributed by atoms with van der Waals surface area (Å²) in [5, 5.41) is 8.72. The van der Waals surface area contributed by atoms with Crippen LogP contribution in [-0.2, 0) is 20.9 Å². The van der Waals surface area contributed by atoms with Gasteiger partial charge in [-0.1, -0.05) is 24.3 Å². The first kappa shape index (κ1) is 24.9. The average Bonchev–Trinajstić information content (AvgIpc) is 3.05. The second kappa shape index (κ2) is 11.4. The van der Waals surface area contributed by atoms with Gasteiger partial charge in [0.05, 0.1) is 29.2 Å². The van der Waals surface area contributed by atoms with Crippen LogP contribution in [0, 0.1) is 11.3 Å². The second-order valence-corrected chi connectivity index (χ2v) is 8.50. The highest BCUT2D eigenvalue weighted by Gasteiger charge is 2.36. The molecule has 1 fully saturated rings. The van der Waals surface area contributed by atoms with Crippen LogP contribution < -0.4 is 9.47 Å². The number of esters is 1. The summed E-state index contributed by atoms with van der Waals surface area (Å²) in [4.78, 5) is 37.9. The third-order valence-corrected chi connectivity index (χ3v) is 5.52. The molecule has 2 aromatic rings. The molecule has 8 nitrogen and oxygen atoms in total. The maximum absolute atomic E-state index is 12.7. The molecule has 3 rings (SSSR count). The largest absolute Gasteiger partial charge is 0.490 e. The second-order valence-electron chi connectivity index (χ2n) is 7.50. The fourth-order valence-corrected chi connectivity index (χ4v) is 3.97. The molecule has 1 aliphatic rings. The molecule has 0 aliphatic carbocycles. The van der Waals surface area contributed by atoms with Crippen LogP contribution in [0.25, 0.3) is 6.08 Å².